The van der Waals surface area contributed by atoms with Crippen LogP contribution in [0.5, 0.6) is 0 Å². The number of aliphatic hydroxyl groups is 4. The molecule has 254 valence electrons. The number of carbonyl (C=O) groups excluding carboxylic acids is 1. The second-order valence-electron chi connectivity index (χ2n) is 12.8. The molecule has 0 aromatic rings. The first kappa shape index (κ1) is 35.3. The van der Waals surface area contributed by atoms with Crippen molar-refractivity contribution in [2.45, 2.75) is 118 Å². The van der Waals surface area contributed by atoms with E-state index in [-0.39, 0.29) is 44.6 Å². The van der Waals surface area contributed by atoms with Crippen LogP contribution in [0.3, 0.4) is 0 Å². The summed E-state index contributed by atoms with van der Waals surface area (Å²) in [6.45, 7) is 2.34. The lowest BCUT2D eigenvalue weighted by atomic mass is 9.81. The maximum absolute atomic E-state index is 12.8. The summed E-state index contributed by atoms with van der Waals surface area (Å²) in [4.78, 5) is 12.8. The molecule has 0 aromatic heterocycles. The number of aliphatic hydroxyl groups excluding tert-OH is 3. The SMILES string of the molecule is CN[C@@H]1[C@@H](O)[C@@H](O[C@@H]2[C@@H](O)[C@H](O[C@H]3OC(CN)=CC[C@H]3NC[C@H]3C[C@H](N)C3)[C@@H](N)C[C@H]2NC(=O)[C@@H](O)CCN)OC[C@]1(C)O. The number of hydrogen-bond acceptors (Lipinski definition) is 15. The Labute approximate surface area is 258 Å². The summed E-state index contributed by atoms with van der Waals surface area (Å²) < 4.78 is 24.3. The molecule has 15 N–H and O–H groups in total. The van der Waals surface area contributed by atoms with Crippen LogP contribution in [-0.4, -0.2) is 139 Å². The van der Waals surface area contributed by atoms with Crippen molar-refractivity contribution in [3.63, 3.8) is 0 Å². The summed E-state index contributed by atoms with van der Waals surface area (Å²) in [5.41, 5.74) is 22.4. The molecule has 16 heteroatoms. The Morgan fingerprint density at radius 1 is 1.11 bits per heavy atom. The summed E-state index contributed by atoms with van der Waals surface area (Å²) in [6, 6.07) is -2.53. The van der Waals surface area contributed by atoms with Gasteiger partial charge >= 0.3 is 0 Å². The Kier molecular flexibility index (Phi) is 12.4. The maximum Gasteiger partial charge on any atom is 0.249 e. The van der Waals surface area contributed by atoms with Gasteiger partial charge in [0.1, 0.15) is 41.9 Å². The van der Waals surface area contributed by atoms with Crippen LogP contribution in [0, 0.1) is 5.92 Å². The zero-order valence-electron chi connectivity index (χ0n) is 25.6. The fourth-order valence-corrected chi connectivity index (χ4v) is 6.54. The molecule has 0 unspecified atom stereocenters. The van der Waals surface area contributed by atoms with Crippen LogP contribution in [0.25, 0.3) is 0 Å². The van der Waals surface area contributed by atoms with Crippen molar-refractivity contribution < 1.29 is 44.2 Å². The summed E-state index contributed by atoms with van der Waals surface area (Å²) >= 11 is 0. The van der Waals surface area contributed by atoms with E-state index in [0.29, 0.717) is 18.1 Å². The van der Waals surface area contributed by atoms with Gasteiger partial charge in [-0.1, -0.05) is 0 Å². The van der Waals surface area contributed by atoms with Crippen LogP contribution in [0.15, 0.2) is 11.8 Å². The highest BCUT2D eigenvalue weighted by Gasteiger charge is 2.52. The van der Waals surface area contributed by atoms with E-state index in [4.69, 9.17) is 41.9 Å². The molecule has 2 heterocycles. The lowest BCUT2D eigenvalue weighted by Crippen LogP contribution is -2.69. The number of hydrogen-bond donors (Lipinski definition) is 11. The summed E-state index contributed by atoms with van der Waals surface area (Å²) in [7, 11) is 1.59. The fraction of sp³-hybridized carbons (Fsp3) is 0.893. The highest BCUT2D eigenvalue weighted by Crippen LogP contribution is 2.33. The topological polar surface area (TPSA) is 275 Å². The van der Waals surface area contributed by atoms with E-state index in [9.17, 15) is 25.2 Å². The van der Waals surface area contributed by atoms with Crippen LogP contribution in [-0.2, 0) is 23.7 Å². The first-order valence-electron chi connectivity index (χ1n) is 15.6. The van der Waals surface area contributed by atoms with E-state index in [1.54, 1.807) is 7.05 Å². The van der Waals surface area contributed by atoms with Crippen molar-refractivity contribution in [1.82, 2.24) is 16.0 Å². The minimum absolute atomic E-state index is 0.0327. The monoisotopic (exact) mass is 631 g/mol. The molecular weight excluding hydrogens is 578 g/mol. The van der Waals surface area contributed by atoms with Crippen LogP contribution < -0.4 is 38.9 Å². The normalized spacial score (nSPS) is 43.4. The van der Waals surface area contributed by atoms with Gasteiger partial charge in [-0.05, 0) is 71.2 Å². The Morgan fingerprint density at radius 2 is 1.82 bits per heavy atom. The van der Waals surface area contributed by atoms with Crippen LogP contribution in [0.4, 0.5) is 0 Å². The predicted octanol–water partition coefficient (Wildman–Crippen LogP) is -4.62. The number of ether oxygens (including phenoxy) is 4. The molecule has 4 aliphatic rings. The van der Waals surface area contributed by atoms with Crippen molar-refractivity contribution in [2.24, 2.45) is 28.9 Å². The molecule has 0 aromatic carbocycles. The van der Waals surface area contributed by atoms with Crippen molar-refractivity contribution in [3.05, 3.63) is 11.8 Å². The minimum Gasteiger partial charge on any atom is -0.467 e. The fourth-order valence-electron chi connectivity index (χ4n) is 6.54. The van der Waals surface area contributed by atoms with Gasteiger partial charge in [-0.25, -0.2) is 0 Å². The number of amides is 1. The van der Waals surface area contributed by atoms with Crippen LogP contribution in [0.2, 0.25) is 0 Å². The standard InChI is InChI=1S/C28H53N7O9/c1-28(40)12-41-27(21(38)24(28)33-2)44-23-18(35-25(39)19(36)5-6-29)9-16(32)22(20(23)37)43-26-17(4-3-15(10-30)42-26)34-11-13-7-14(31)8-13/h3,13-14,16-24,26-27,33-34,36-38,40H,4-12,29-32H2,1-2H3,(H,35,39)/t13-,14-,16-,17+,18+,19-,20-,21+,22+,23-,24+,26+,27+,28-/m0/s1. The molecule has 0 radical (unpaired) electrons. The molecule has 2 aliphatic heterocycles. The molecular formula is C28H53N7O9. The van der Waals surface area contributed by atoms with Gasteiger partial charge in [0, 0.05) is 12.1 Å². The van der Waals surface area contributed by atoms with E-state index in [1.165, 1.54) is 6.92 Å². The molecule has 2 saturated carbocycles. The number of nitrogens with two attached hydrogens (primary N) is 4. The first-order chi connectivity index (χ1) is 20.9. The van der Waals surface area contributed by atoms with Gasteiger partial charge in [0.15, 0.2) is 6.29 Å². The minimum atomic E-state index is -1.43. The number of rotatable bonds is 13. The van der Waals surface area contributed by atoms with E-state index in [2.05, 4.69) is 16.0 Å². The Hall–Kier alpha value is -1.51. The van der Waals surface area contributed by atoms with Gasteiger partial charge in [-0.2, -0.15) is 0 Å². The number of nitrogens with one attached hydrogen (secondary N) is 3. The zero-order chi connectivity index (χ0) is 32.2. The number of likely N-dealkylation sites (N-methyl/N-ethyl adjacent to an activating group) is 1. The van der Waals surface area contributed by atoms with Gasteiger partial charge in [-0.15, -0.1) is 0 Å². The van der Waals surface area contributed by atoms with Crippen molar-refractivity contribution in [1.29, 1.82) is 0 Å². The van der Waals surface area contributed by atoms with Gasteiger partial charge in [-0.3, -0.25) is 4.79 Å². The average Bonchev–Trinajstić information content (AvgIpc) is 2.96. The molecule has 0 bridgehead atoms. The van der Waals surface area contributed by atoms with Gasteiger partial charge in [0.2, 0.25) is 12.2 Å². The lowest BCUT2D eigenvalue weighted by Gasteiger charge is -2.49. The lowest BCUT2D eigenvalue weighted by molar-refractivity contribution is -0.304. The van der Waals surface area contributed by atoms with E-state index >= 15 is 0 Å². The van der Waals surface area contributed by atoms with Crippen molar-refractivity contribution >= 4 is 5.91 Å². The third-order valence-corrected chi connectivity index (χ3v) is 9.15. The van der Waals surface area contributed by atoms with Crippen LogP contribution in [0.1, 0.15) is 39.0 Å². The third kappa shape index (κ3) is 8.25. The quantitative estimate of drug-likeness (QED) is 0.0912. The molecule has 0 spiro atoms. The molecule has 12 atom stereocenters. The van der Waals surface area contributed by atoms with E-state index in [0.717, 1.165) is 19.4 Å². The predicted molar refractivity (Wildman–Crippen MR) is 158 cm³/mol. The molecule has 1 amide bonds. The average molecular weight is 632 g/mol. The highest BCUT2D eigenvalue weighted by molar-refractivity contribution is 5.80. The largest absolute Gasteiger partial charge is 0.467 e. The molecule has 2 aliphatic carbocycles. The summed E-state index contributed by atoms with van der Waals surface area (Å²) in [5.74, 6) is 0.296. The first-order valence-corrected chi connectivity index (χ1v) is 15.6. The Morgan fingerprint density at radius 3 is 2.45 bits per heavy atom. The van der Waals surface area contributed by atoms with Crippen LogP contribution >= 0.6 is 0 Å². The smallest absolute Gasteiger partial charge is 0.249 e. The van der Waals surface area contributed by atoms with E-state index in [1.807, 2.05) is 6.08 Å². The van der Waals surface area contributed by atoms with Gasteiger partial charge in [0.05, 0.1) is 31.3 Å². The molecule has 44 heavy (non-hydrogen) atoms. The molecule has 3 fully saturated rings. The second-order valence-corrected chi connectivity index (χ2v) is 12.8. The number of carbonyl (C=O) groups is 1. The molecule has 16 nitrogen and oxygen atoms in total. The molecule has 4 rings (SSSR count). The van der Waals surface area contributed by atoms with Crippen molar-refractivity contribution in [2.75, 3.05) is 33.3 Å². The summed E-state index contributed by atoms with van der Waals surface area (Å²) in [6.07, 6.45) is -3.98. The summed E-state index contributed by atoms with van der Waals surface area (Å²) in [5, 5.41) is 52.7. The second kappa shape index (κ2) is 15.4. The third-order valence-electron chi connectivity index (χ3n) is 9.15. The zero-order valence-corrected chi connectivity index (χ0v) is 25.6. The maximum atomic E-state index is 12.8. The van der Waals surface area contributed by atoms with Gasteiger partial charge < -0.3 is 78.3 Å². The van der Waals surface area contributed by atoms with Gasteiger partial charge in [0.25, 0.3) is 0 Å². The Bertz CT molecular complexity index is 972. The highest BCUT2D eigenvalue weighted by atomic mass is 16.7. The Balaban J connectivity index is 1.52. The molecule has 1 saturated heterocycles. The van der Waals surface area contributed by atoms with E-state index < -0.39 is 72.7 Å². The van der Waals surface area contributed by atoms with Crippen molar-refractivity contribution in [3.8, 4) is 0 Å².